The number of thioether (sulfide) groups is 1. The first kappa shape index (κ1) is 11.4. The Labute approximate surface area is 91.4 Å². The second kappa shape index (κ2) is 4.70. The summed E-state index contributed by atoms with van der Waals surface area (Å²) in [7, 11) is 0. The van der Waals surface area contributed by atoms with Gasteiger partial charge in [0.1, 0.15) is 0 Å². The Morgan fingerprint density at radius 3 is 2.36 bits per heavy atom. The number of hydrogen-bond acceptors (Lipinski definition) is 1. The molecule has 0 bridgehead atoms. The predicted molar refractivity (Wildman–Crippen MR) is 66.8 cm³/mol. The summed E-state index contributed by atoms with van der Waals surface area (Å²) in [5.41, 5.74) is 1.31. The molecule has 1 heteroatoms. The Balaban J connectivity index is 2.96. The highest BCUT2D eigenvalue weighted by molar-refractivity contribution is 8.00. The average Bonchev–Trinajstić information content (AvgIpc) is 2.06. The Morgan fingerprint density at radius 2 is 1.79 bits per heavy atom. The summed E-state index contributed by atoms with van der Waals surface area (Å²) in [6.45, 7) is 8.77. The molecule has 76 valence electrons. The summed E-state index contributed by atoms with van der Waals surface area (Å²) in [4.78, 5) is 1.36. The molecule has 1 rings (SSSR count). The first-order chi connectivity index (χ1) is 6.53. The quantitative estimate of drug-likeness (QED) is 0.637. The standard InChI is InChI=1S/C13H18S/c1-5-8-11-9-6-7-10-12(11)14-13(2,3)4/h5-10H,1-4H3/b8-5-. The molecule has 0 saturated heterocycles. The summed E-state index contributed by atoms with van der Waals surface area (Å²) < 4.78 is 0.275. The van der Waals surface area contributed by atoms with Crippen molar-refractivity contribution in [3.63, 3.8) is 0 Å². The molecule has 0 heterocycles. The highest BCUT2D eigenvalue weighted by Crippen LogP contribution is 2.34. The van der Waals surface area contributed by atoms with Gasteiger partial charge in [-0.3, -0.25) is 0 Å². The Morgan fingerprint density at radius 1 is 1.14 bits per heavy atom. The normalized spacial score (nSPS) is 12.3. The molecule has 1 aromatic rings. The van der Waals surface area contributed by atoms with Crippen molar-refractivity contribution in [2.75, 3.05) is 0 Å². The number of benzene rings is 1. The molecule has 14 heavy (non-hydrogen) atoms. The number of hydrogen-bond donors (Lipinski definition) is 0. The summed E-state index contributed by atoms with van der Waals surface area (Å²) in [5, 5.41) is 0. The molecule has 0 aromatic heterocycles. The minimum atomic E-state index is 0.275. The SMILES string of the molecule is C/C=C\c1ccccc1SC(C)(C)C. The van der Waals surface area contributed by atoms with Gasteiger partial charge in [-0.05, 0) is 18.6 Å². The molecule has 1 aromatic carbocycles. The van der Waals surface area contributed by atoms with Crippen LogP contribution in [-0.4, -0.2) is 4.75 Å². The average molecular weight is 206 g/mol. The molecule has 0 amide bonds. The second-order valence-electron chi connectivity index (χ2n) is 4.25. The largest absolute Gasteiger partial charge is 0.120 e. The molecule has 0 radical (unpaired) electrons. The van der Waals surface area contributed by atoms with Crippen LogP contribution in [0.4, 0.5) is 0 Å². The molecular weight excluding hydrogens is 188 g/mol. The van der Waals surface area contributed by atoms with Crippen molar-refractivity contribution in [1.29, 1.82) is 0 Å². The molecule has 0 saturated carbocycles. The van der Waals surface area contributed by atoms with Crippen LogP contribution >= 0.6 is 11.8 Å². The lowest BCUT2D eigenvalue weighted by Gasteiger charge is -2.18. The van der Waals surface area contributed by atoms with E-state index in [0.717, 1.165) is 0 Å². The zero-order chi connectivity index (χ0) is 10.6. The van der Waals surface area contributed by atoms with Gasteiger partial charge in [0.15, 0.2) is 0 Å². The third-order valence-corrected chi connectivity index (χ3v) is 2.89. The van der Waals surface area contributed by atoms with E-state index in [0.29, 0.717) is 0 Å². The van der Waals surface area contributed by atoms with Crippen LogP contribution < -0.4 is 0 Å². The molecule has 0 unspecified atom stereocenters. The van der Waals surface area contributed by atoms with Crippen LogP contribution in [0.5, 0.6) is 0 Å². The molecule has 0 aliphatic heterocycles. The van der Waals surface area contributed by atoms with Crippen LogP contribution in [-0.2, 0) is 0 Å². The van der Waals surface area contributed by atoms with E-state index in [9.17, 15) is 0 Å². The molecule has 0 nitrogen and oxygen atoms in total. The van der Waals surface area contributed by atoms with E-state index >= 15 is 0 Å². The van der Waals surface area contributed by atoms with E-state index in [4.69, 9.17) is 0 Å². The number of rotatable bonds is 2. The van der Waals surface area contributed by atoms with Gasteiger partial charge in [0.2, 0.25) is 0 Å². The zero-order valence-electron chi connectivity index (χ0n) is 9.37. The smallest absolute Gasteiger partial charge is 0.0150 e. The van der Waals surface area contributed by atoms with Gasteiger partial charge in [-0.2, -0.15) is 0 Å². The molecule has 0 N–H and O–H groups in total. The lowest BCUT2D eigenvalue weighted by Crippen LogP contribution is -2.06. The van der Waals surface area contributed by atoms with E-state index in [1.54, 1.807) is 0 Å². The maximum Gasteiger partial charge on any atom is 0.0150 e. The summed E-state index contributed by atoms with van der Waals surface area (Å²) >= 11 is 1.92. The van der Waals surface area contributed by atoms with Crippen LogP contribution in [0.25, 0.3) is 6.08 Å². The van der Waals surface area contributed by atoms with Gasteiger partial charge in [-0.15, -0.1) is 11.8 Å². The van der Waals surface area contributed by atoms with Gasteiger partial charge >= 0.3 is 0 Å². The van der Waals surface area contributed by atoms with E-state index in [1.807, 2.05) is 11.8 Å². The van der Waals surface area contributed by atoms with Gasteiger partial charge in [0.25, 0.3) is 0 Å². The van der Waals surface area contributed by atoms with Crippen LogP contribution in [0.1, 0.15) is 33.3 Å². The molecule has 0 atom stereocenters. The highest BCUT2D eigenvalue weighted by atomic mass is 32.2. The minimum Gasteiger partial charge on any atom is -0.120 e. The third-order valence-electron chi connectivity index (χ3n) is 1.68. The van der Waals surface area contributed by atoms with Gasteiger partial charge in [-0.25, -0.2) is 0 Å². The van der Waals surface area contributed by atoms with Crippen molar-refractivity contribution in [1.82, 2.24) is 0 Å². The van der Waals surface area contributed by atoms with Crippen molar-refractivity contribution in [3.8, 4) is 0 Å². The molecule has 0 spiro atoms. The topological polar surface area (TPSA) is 0 Å². The Bertz CT molecular complexity index is 318. The van der Waals surface area contributed by atoms with Gasteiger partial charge < -0.3 is 0 Å². The van der Waals surface area contributed by atoms with Crippen LogP contribution in [0, 0.1) is 0 Å². The second-order valence-corrected chi connectivity index (χ2v) is 6.12. The molecule has 0 aliphatic carbocycles. The van der Waals surface area contributed by atoms with Crippen molar-refractivity contribution >= 4 is 17.8 Å². The van der Waals surface area contributed by atoms with E-state index in [-0.39, 0.29) is 4.75 Å². The van der Waals surface area contributed by atoms with Crippen LogP contribution in [0.3, 0.4) is 0 Å². The van der Waals surface area contributed by atoms with Crippen molar-refractivity contribution < 1.29 is 0 Å². The van der Waals surface area contributed by atoms with E-state index in [1.165, 1.54) is 10.5 Å². The first-order valence-electron chi connectivity index (χ1n) is 4.93. The first-order valence-corrected chi connectivity index (χ1v) is 5.75. The Kier molecular flexibility index (Phi) is 3.82. The molecular formula is C13H18S. The predicted octanol–water partition coefficient (Wildman–Crippen LogP) is 4.61. The van der Waals surface area contributed by atoms with E-state index < -0.39 is 0 Å². The zero-order valence-corrected chi connectivity index (χ0v) is 10.2. The van der Waals surface area contributed by atoms with Crippen LogP contribution in [0.15, 0.2) is 35.2 Å². The lowest BCUT2D eigenvalue weighted by atomic mass is 10.2. The summed E-state index contributed by atoms with van der Waals surface area (Å²) in [6, 6.07) is 8.53. The number of allylic oxidation sites excluding steroid dienone is 1. The maximum atomic E-state index is 2.24. The van der Waals surface area contributed by atoms with Gasteiger partial charge in [0.05, 0.1) is 0 Å². The monoisotopic (exact) mass is 206 g/mol. The summed E-state index contributed by atoms with van der Waals surface area (Å²) in [6.07, 6.45) is 4.25. The summed E-state index contributed by atoms with van der Waals surface area (Å²) in [5.74, 6) is 0. The van der Waals surface area contributed by atoms with Gasteiger partial charge in [-0.1, -0.05) is 51.1 Å². The highest BCUT2D eigenvalue weighted by Gasteiger charge is 2.13. The molecule has 0 fully saturated rings. The van der Waals surface area contributed by atoms with E-state index in [2.05, 4.69) is 64.1 Å². The van der Waals surface area contributed by atoms with Crippen molar-refractivity contribution in [3.05, 3.63) is 35.9 Å². The third kappa shape index (κ3) is 3.59. The Hall–Kier alpha value is -0.690. The minimum absolute atomic E-state index is 0.275. The van der Waals surface area contributed by atoms with Gasteiger partial charge in [0, 0.05) is 9.64 Å². The molecule has 0 aliphatic rings. The van der Waals surface area contributed by atoms with Crippen molar-refractivity contribution in [2.24, 2.45) is 0 Å². The van der Waals surface area contributed by atoms with Crippen molar-refractivity contribution in [2.45, 2.75) is 37.3 Å². The maximum absolute atomic E-state index is 2.24. The fourth-order valence-corrected chi connectivity index (χ4v) is 2.28. The fourth-order valence-electron chi connectivity index (χ4n) is 1.22. The fraction of sp³-hybridized carbons (Fsp3) is 0.385. The lowest BCUT2D eigenvalue weighted by molar-refractivity contribution is 0.802. The van der Waals surface area contributed by atoms with Crippen LogP contribution in [0.2, 0.25) is 0 Å².